The molecule has 0 amide bonds. The number of ether oxygens (including phenoxy) is 6. The van der Waals surface area contributed by atoms with Crippen molar-refractivity contribution in [2.24, 2.45) is 0 Å². The number of thioether (sulfide) groups is 1. The zero-order valence-corrected chi connectivity index (χ0v) is 20.4. The maximum absolute atomic E-state index is 12.3. The van der Waals surface area contributed by atoms with Crippen molar-refractivity contribution in [3.63, 3.8) is 0 Å². The molecule has 0 bridgehead atoms. The Morgan fingerprint density at radius 2 is 1.64 bits per heavy atom. The van der Waals surface area contributed by atoms with Gasteiger partial charge in [0.1, 0.15) is 28.8 Å². The molecule has 33 heavy (non-hydrogen) atoms. The molecule has 2 aliphatic heterocycles. The first-order valence-electron chi connectivity index (χ1n) is 10.7. The molecule has 0 N–H and O–H groups in total. The molecule has 1 aromatic rings. The topological polar surface area (TPSA) is 107 Å². The number of carbonyl (C=O) groups excluding carboxylic acids is 3. The molecule has 10 heteroatoms. The minimum Gasteiger partial charge on any atom is -0.496 e. The molecule has 1 fully saturated rings. The predicted molar refractivity (Wildman–Crippen MR) is 119 cm³/mol. The lowest BCUT2D eigenvalue weighted by Crippen LogP contribution is -2.51. The number of methoxy groups -OCH3 is 2. The van der Waals surface area contributed by atoms with Crippen molar-refractivity contribution in [1.29, 1.82) is 0 Å². The van der Waals surface area contributed by atoms with E-state index in [1.54, 1.807) is 34.1 Å². The van der Waals surface area contributed by atoms with Gasteiger partial charge in [-0.2, -0.15) is 0 Å². The second-order valence-corrected chi connectivity index (χ2v) is 9.27. The minimum absolute atomic E-state index is 0.0229. The molecule has 0 spiro atoms. The molecule has 0 saturated carbocycles. The molecule has 182 valence electrons. The maximum atomic E-state index is 12.3. The van der Waals surface area contributed by atoms with Gasteiger partial charge in [-0.25, -0.2) is 0 Å². The second-order valence-electron chi connectivity index (χ2n) is 8.00. The number of ketones is 1. The monoisotopic (exact) mass is 482 g/mol. The van der Waals surface area contributed by atoms with Crippen LogP contribution in [-0.4, -0.2) is 61.8 Å². The van der Waals surface area contributed by atoms with E-state index in [1.165, 1.54) is 25.6 Å². The van der Waals surface area contributed by atoms with Gasteiger partial charge in [0.2, 0.25) is 0 Å². The third-order valence-electron chi connectivity index (χ3n) is 5.60. The molecule has 1 saturated heterocycles. The van der Waals surface area contributed by atoms with E-state index in [1.807, 2.05) is 6.07 Å². The van der Waals surface area contributed by atoms with Crippen LogP contribution in [0.1, 0.15) is 50.7 Å². The molecule has 6 atom stereocenters. The lowest BCUT2D eigenvalue weighted by molar-refractivity contribution is -0.259. The zero-order chi connectivity index (χ0) is 24.3. The Bertz CT molecular complexity index is 902. The van der Waals surface area contributed by atoms with Crippen LogP contribution in [0.2, 0.25) is 0 Å². The van der Waals surface area contributed by atoms with Gasteiger partial charge in [0.25, 0.3) is 0 Å². The Hall–Kier alpha value is -2.30. The quantitative estimate of drug-likeness (QED) is 0.538. The lowest BCUT2D eigenvalue weighted by Gasteiger charge is -2.41. The van der Waals surface area contributed by atoms with Gasteiger partial charge in [0, 0.05) is 31.4 Å². The van der Waals surface area contributed by atoms with E-state index < -0.39 is 42.0 Å². The fourth-order valence-corrected chi connectivity index (χ4v) is 5.50. The van der Waals surface area contributed by atoms with Crippen LogP contribution in [0.3, 0.4) is 0 Å². The number of rotatable bonds is 7. The maximum Gasteiger partial charge on any atom is 0.303 e. The highest BCUT2D eigenvalue weighted by Gasteiger charge is 2.44. The number of benzene rings is 1. The Labute approximate surface area is 197 Å². The fraction of sp³-hybridized carbons (Fsp3) is 0.609. The Kier molecular flexibility index (Phi) is 8.25. The standard InChI is InChI=1S/C23H30O9S/c1-11(24)19-9-15-16(27-5)7-8-17(28-6)21(15)23(33-19)32-20-10-18(30-13(3)25)22(12(2)29-20)31-14(4)26/h7-8,12,18-20,22-23H,9-10H2,1-6H3/t12-,18-,19-,20-,22+,23-/m0/s1. The van der Waals surface area contributed by atoms with Crippen LogP contribution in [-0.2, 0) is 39.8 Å². The summed E-state index contributed by atoms with van der Waals surface area (Å²) in [6, 6.07) is 3.60. The van der Waals surface area contributed by atoms with Crippen LogP contribution in [0.5, 0.6) is 11.5 Å². The van der Waals surface area contributed by atoms with Gasteiger partial charge in [-0.3, -0.25) is 14.4 Å². The van der Waals surface area contributed by atoms with E-state index in [9.17, 15) is 14.4 Å². The molecule has 2 aliphatic rings. The van der Waals surface area contributed by atoms with Crippen molar-refractivity contribution in [1.82, 2.24) is 0 Å². The highest BCUT2D eigenvalue weighted by molar-refractivity contribution is 8.00. The number of hydrogen-bond donors (Lipinski definition) is 0. The molecule has 2 heterocycles. The molecule has 0 unspecified atom stereocenters. The van der Waals surface area contributed by atoms with Gasteiger partial charge >= 0.3 is 11.9 Å². The Morgan fingerprint density at radius 3 is 2.21 bits per heavy atom. The van der Waals surface area contributed by atoms with Gasteiger partial charge in [-0.1, -0.05) is 0 Å². The van der Waals surface area contributed by atoms with Crippen molar-refractivity contribution in [3.8, 4) is 11.5 Å². The number of fused-ring (bicyclic) bond motifs is 1. The van der Waals surface area contributed by atoms with Crippen LogP contribution in [0, 0.1) is 0 Å². The largest absolute Gasteiger partial charge is 0.496 e. The van der Waals surface area contributed by atoms with E-state index in [2.05, 4.69) is 0 Å². The summed E-state index contributed by atoms with van der Waals surface area (Å²) in [5.74, 6) is 0.296. The molecule has 9 nitrogen and oxygen atoms in total. The number of hydrogen-bond acceptors (Lipinski definition) is 10. The first-order chi connectivity index (χ1) is 15.6. The number of carbonyl (C=O) groups is 3. The van der Waals surface area contributed by atoms with E-state index in [4.69, 9.17) is 28.4 Å². The van der Waals surface area contributed by atoms with Crippen molar-refractivity contribution in [3.05, 3.63) is 23.3 Å². The number of Topliss-reactive ketones (excluding diaryl/α,β-unsaturated/α-hetero) is 1. The summed E-state index contributed by atoms with van der Waals surface area (Å²) in [7, 11) is 3.15. The predicted octanol–water partition coefficient (Wildman–Crippen LogP) is 2.96. The average Bonchev–Trinajstić information content (AvgIpc) is 2.74. The van der Waals surface area contributed by atoms with Gasteiger partial charge in [-0.05, 0) is 32.4 Å². The molecule has 0 aromatic heterocycles. The van der Waals surface area contributed by atoms with Crippen LogP contribution in [0.15, 0.2) is 12.1 Å². The van der Waals surface area contributed by atoms with Crippen molar-refractivity contribution >= 4 is 29.5 Å². The minimum atomic E-state index is -0.775. The zero-order valence-electron chi connectivity index (χ0n) is 19.6. The summed E-state index contributed by atoms with van der Waals surface area (Å²) in [6.45, 7) is 5.86. The highest BCUT2D eigenvalue weighted by Crippen LogP contribution is 2.50. The molecule has 3 rings (SSSR count). The van der Waals surface area contributed by atoms with E-state index in [0.717, 1.165) is 11.1 Å². The summed E-state index contributed by atoms with van der Waals surface area (Å²) >= 11 is 1.37. The van der Waals surface area contributed by atoms with Gasteiger partial charge < -0.3 is 28.4 Å². The van der Waals surface area contributed by atoms with Gasteiger partial charge in [0.15, 0.2) is 12.4 Å². The van der Waals surface area contributed by atoms with E-state index in [0.29, 0.717) is 17.9 Å². The average molecular weight is 483 g/mol. The lowest BCUT2D eigenvalue weighted by atomic mass is 9.98. The summed E-state index contributed by atoms with van der Waals surface area (Å²) in [6.07, 6.45) is -2.20. The van der Waals surface area contributed by atoms with Crippen LogP contribution < -0.4 is 9.47 Å². The van der Waals surface area contributed by atoms with Crippen molar-refractivity contribution in [2.45, 2.75) is 75.8 Å². The third kappa shape index (κ3) is 5.80. The van der Waals surface area contributed by atoms with Crippen LogP contribution >= 0.6 is 11.8 Å². The van der Waals surface area contributed by atoms with Crippen molar-refractivity contribution < 1.29 is 42.8 Å². The third-order valence-corrected chi connectivity index (χ3v) is 7.02. The normalized spacial score (nSPS) is 28.9. The number of esters is 2. The summed E-state index contributed by atoms with van der Waals surface area (Å²) in [5, 5.41) is -0.331. The van der Waals surface area contributed by atoms with Gasteiger partial charge in [-0.15, -0.1) is 11.8 Å². The molecular formula is C23H30O9S. The molecule has 1 aromatic carbocycles. The molecule has 0 aliphatic carbocycles. The SMILES string of the molecule is COc1ccc(OC)c2c1C[C@@H](C(C)=O)S[C@@H]2O[C@H]1C[C@H](OC(C)=O)[C@H](OC(C)=O)[C@H](C)O1. The van der Waals surface area contributed by atoms with Crippen molar-refractivity contribution in [2.75, 3.05) is 14.2 Å². The van der Waals surface area contributed by atoms with Crippen LogP contribution in [0.4, 0.5) is 0 Å². The summed E-state index contributed by atoms with van der Waals surface area (Å²) < 4.78 is 34.2. The summed E-state index contributed by atoms with van der Waals surface area (Å²) in [4.78, 5) is 35.5. The fourth-order valence-electron chi connectivity index (χ4n) is 4.17. The molecule has 0 radical (unpaired) electrons. The van der Waals surface area contributed by atoms with Crippen LogP contribution in [0.25, 0.3) is 0 Å². The first-order valence-corrected chi connectivity index (χ1v) is 11.6. The smallest absolute Gasteiger partial charge is 0.303 e. The molecular weight excluding hydrogens is 452 g/mol. The Morgan fingerprint density at radius 1 is 1.00 bits per heavy atom. The highest BCUT2D eigenvalue weighted by atomic mass is 32.2. The van der Waals surface area contributed by atoms with E-state index >= 15 is 0 Å². The second kappa shape index (κ2) is 10.8. The van der Waals surface area contributed by atoms with E-state index in [-0.39, 0.29) is 17.5 Å². The van der Waals surface area contributed by atoms with Gasteiger partial charge in [0.05, 0.1) is 25.6 Å². The first kappa shape index (κ1) is 25.3. The Balaban J connectivity index is 1.91. The summed E-state index contributed by atoms with van der Waals surface area (Å²) in [5.41, 5.74) is 1.04.